The highest BCUT2D eigenvalue weighted by atomic mass is 16.6. The van der Waals surface area contributed by atoms with Gasteiger partial charge >= 0.3 is 23.9 Å². The molecule has 3 aliphatic carbocycles. The predicted octanol–water partition coefficient (Wildman–Crippen LogP) is 1.55. The summed E-state index contributed by atoms with van der Waals surface area (Å²) in [5.41, 5.74) is -3.57. The summed E-state index contributed by atoms with van der Waals surface area (Å²) < 4.78 is 28.3. The second-order valence-corrected chi connectivity index (χ2v) is 13.6. The van der Waals surface area contributed by atoms with E-state index >= 15 is 0 Å². The molecule has 1 unspecified atom stereocenters. The molecule has 0 aromatic carbocycles. The maximum absolute atomic E-state index is 13.6. The zero-order valence-corrected chi connectivity index (χ0v) is 25.5. The lowest BCUT2D eigenvalue weighted by Gasteiger charge is -2.67. The van der Waals surface area contributed by atoms with E-state index in [0.717, 1.165) is 7.11 Å². The van der Waals surface area contributed by atoms with Crippen LogP contribution in [-0.4, -0.2) is 83.6 Å². The number of Topliss-reactive ketones (excluding diaryl/α,β-unsaturated/α-hetero) is 1. The second-order valence-electron chi connectivity index (χ2n) is 13.6. The van der Waals surface area contributed by atoms with Crippen LogP contribution in [0.4, 0.5) is 0 Å². The standard InChI is InChI=1S/C31H40O12/c1-13(2)8-19(33)42-22-15(5)16-10-18-30-12-40-31(28(38)39-7,26(36)21(35)24(30)29(16,6)11-17(22)32)25(30)23(27(37)41-18)43-20(34)9-14(3)4/h9,13,16,18,21,23-26,35-36H,8,10-12H2,1-7H3/t16-,18+,21+,23+,24?,25+,26-,29-,30+,31-/m0/s1. The molecule has 2 saturated heterocycles. The van der Waals surface area contributed by atoms with Crippen LogP contribution in [0.2, 0.25) is 0 Å². The van der Waals surface area contributed by atoms with Crippen molar-refractivity contribution < 1.29 is 57.9 Å². The number of rotatable bonds is 6. The van der Waals surface area contributed by atoms with Gasteiger partial charge < -0.3 is 33.9 Å². The van der Waals surface area contributed by atoms with E-state index in [1.807, 2.05) is 13.8 Å². The number of hydrogen-bond acceptors (Lipinski definition) is 12. The van der Waals surface area contributed by atoms with Crippen LogP contribution in [0.3, 0.4) is 0 Å². The number of allylic oxidation sites excluding steroid dienone is 3. The molecule has 2 heterocycles. The Balaban J connectivity index is 1.67. The van der Waals surface area contributed by atoms with Crippen molar-refractivity contribution in [1.82, 2.24) is 0 Å². The number of ether oxygens (including phenoxy) is 5. The minimum absolute atomic E-state index is 0.0144. The van der Waals surface area contributed by atoms with Crippen molar-refractivity contribution in [1.29, 1.82) is 0 Å². The lowest BCUT2D eigenvalue weighted by Crippen LogP contribution is -2.79. The first-order valence-corrected chi connectivity index (χ1v) is 14.6. The van der Waals surface area contributed by atoms with E-state index in [-0.39, 0.29) is 37.5 Å². The summed E-state index contributed by atoms with van der Waals surface area (Å²) >= 11 is 0. The van der Waals surface area contributed by atoms with E-state index in [1.165, 1.54) is 6.08 Å². The molecule has 0 aromatic heterocycles. The van der Waals surface area contributed by atoms with Gasteiger partial charge in [-0.3, -0.25) is 9.59 Å². The number of carbonyl (C=O) groups is 5. The van der Waals surface area contributed by atoms with E-state index in [4.69, 9.17) is 23.7 Å². The fourth-order valence-corrected chi connectivity index (χ4v) is 8.87. The molecule has 2 bridgehead atoms. The van der Waals surface area contributed by atoms with Crippen LogP contribution in [0, 0.1) is 34.5 Å². The SMILES string of the molecule is COC(=O)[C@@]12OC[C@]34C([C@@H](O)[C@@H]1O)[C@@]1(C)CC(=O)C(OC(=O)CC(C)C)=C(C)[C@@H]1C[C@H]3OC(=O)[C@H](OC(=O)C=C(C)C)[C@@H]24. The molecule has 12 nitrogen and oxygen atoms in total. The van der Waals surface area contributed by atoms with Gasteiger partial charge in [-0.15, -0.1) is 0 Å². The normalized spacial score (nSPS) is 41.1. The van der Waals surface area contributed by atoms with Gasteiger partial charge in [-0.05, 0) is 50.0 Å². The molecule has 2 saturated carbocycles. The number of fused-ring (bicyclic) bond motifs is 2. The molecule has 0 aromatic rings. The number of ketones is 1. The fourth-order valence-electron chi connectivity index (χ4n) is 8.87. The van der Waals surface area contributed by atoms with Crippen molar-refractivity contribution in [3.63, 3.8) is 0 Å². The minimum Gasteiger partial charge on any atom is -0.467 e. The molecule has 1 spiro atoms. The van der Waals surface area contributed by atoms with Gasteiger partial charge in [0.25, 0.3) is 0 Å². The molecular formula is C31H40O12. The Morgan fingerprint density at radius 3 is 2.42 bits per heavy atom. The first-order valence-electron chi connectivity index (χ1n) is 14.6. The Bertz CT molecular complexity index is 1330. The molecule has 236 valence electrons. The average Bonchev–Trinajstić information content (AvgIpc) is 3.21. The van der Waals surface area contributed by atoms with Gasteiger partial charge in [0.1, 0.15) is 12.2 Å². The Morgan fingerprint density at radius 2 is 1.81 bits per heavy atom. The molecule has 2 N–H and O–H groups in total. The number of carbonyl (C=O) groups excluding carboxylic acids is 5. The number of aliphatic hydroxyl groups excluding tert-OH is 2. The zero-order chi connectivity index (χ0) is 31.8. The zero-order valence-electron chi connectivity index (χ0n) is 25.5. The Hall–Kier alpha value is -3.09. The van der Waals surface area contributed by atoms with Crippen molar-refractivity contribution in [3.05, 3.63) is 23.0 Å². The smallest absolute Gasteiger partial charge is 0.348 e. The van der Waals surface area contributed by atoms with Gasteiger partial charge in [-0.1, -0.05) is 26.3 Å². The molecule has 5 aliphatic rings. The van der Waals surface area contributed by atoms with Crippen LogP contribution in [0.5, 0.6) is 0 Å². The fraction of sp³-hybridized carbons (Fsp3) is 0.710. The van der Waals surface area contributed by atoms with E-state index < -0.39 is 88.3 Å². The molecule has 43 heavy (non-hydrogen) atoms. The molecule has 10 atom stereocenters. The summed E-state index contributed by atoms with van der Waals surface area (Å²) in [5, 5.41) is 23.5. The first kappa shape index (κ1) is 31.3. The van der Waals surface area contributed by atoms with Crippen LogP contribution >= 0.6 is 0 Å². The van der Waals surface area contributed by atoms with Crippen molar-refractivity contribution in [3.8, 4) is 0 Å². The molecular weight excluding hydrogens is 564 g/mol. The monoisotopic (exact) mass is 604 g/mol. The summed E-state index contributed by atoms with van der Waals surface area (Å²) in [4.78, 5) is 66.1. The maximum Gasteiger partial charge on any atom is 0.348 e. The minimum atomic E-state index is -2.25. The van der Waals surface area contributed by atoms with E-state index in [2.05, 4.69) is 0 Å². The van der Waals surface area contributed by atoms with Gasteiger partial charge in [-0.2, -0.15) is 0 Å². The van der Waals surface area contributed by atoms with Crippen molar-refractivity contribution in [2.45, 2.75) is 90.8 Å². The van der Waals surface area contributed by atoms with Crippen LogP contribution in [-0.2, 0) is 47.7 Å². The van der Waals surface area contributed by atoms with Crippen LogP contribution in [0.15, 0.2) is 23.0 Å². The molecule has 12 heteroatoms. The van der Waals surface area contributed by atoms with Gasteiger partial charge in [0.2, 0.25) is 11.7 Å². The third-order valence-corrected chi connectivity index (χ3v) is 10.3. The maximum atomic E-state index is 13.6. The van der Waals surface area contributed by atoms with Gasteiger partial charge in [0.05, 0.1) is 25.7 Å². The molecule has 2 aliphatic heterocycles. The van der Waals surface area contributed by atoms with Crippen molar-refractivity contribution in [2.24, 2.45) is 34.5 Å². The topological polar surface area (TPSA) is 172 Å². The second kappa shape index (κ2) is 10.5. The summed E-state index contributed by atoms with van der Waals surface area (Å²) in [6, 6.07) is 0. The lowest BCUT2D eigenvalue weighted by atomic mass is 9.38. The molecule has 5 rings (SSSR count). The highest BCUT2D eigenvalue weighted by Gasteiger charge is 2.85. The first-order chi connectivity index (χ1) is 20.1. The summed E-state index contributed by atoms with van der Waals surface area (Å²) in [6.45, 7) is 10.3. The molecule has 0 radical (unpaired) electrons. The quantitative estimate of drug-likeness (QED) is 0.255. The van der Waals surface area contributed by atoms with Crippen molar-refractivity contribution >= 4 is 29.7 Å². The lowest BCUT2D eigenvalue weighted by molar-refractivity contribution is -0.290. The van der Waals surface area contributed by atoms with E-state index in [9.17, 15) is 34.2 Å². The van der Waals surface area contributed by atoms with Crippen molar-refractivity contribution in [2.75, 3.05) is 13.7 Å². The number of methoxy groups -OCH3 is 1. The van der Waals surface area contributed by atoms with Crippen LogP contribution in [0.1, 0.15) is 60.8 Å². The van der Waals surface area contributed by atoms with E-state index in [1.54, 1.807) is 27.7 Å². The number of hydrogen-bond donors (Lipinski definition) is 2. The highest BCUT2D eigenvalue weighted by molar-refractivity contribution is 5.98. The summed E-state index contributed by atoms with van der Waals surface area (Å²) in [6.07, 6.45) is -4.86. The van der Waals surface area contributed by atoms with E-state index in [0.29, 0.717) is 11.1 Å². The van der Waals surface area contributed by atoms with Gasteiger partial charge in [0.15, 0.2) is 11.5 Å². The number of aliphatic hydroxyl groups is 2. The highest BCUT2D eigenvalue weighted by Crippen LogP contribution is 2.72. The molecule has 4 fully saturated rings. The van der Waals surface area contributed by atoms with Crippen LogP contribution in [0.25, 0.3) is 0 Å². The third kappa shape index (κ3) is 4.31. The largest absolute Gasteiger partial charge is 0.467 e. The predicted molar refractivity (Wildman–Crippen MR) is 145 cm³/mol. The van der Waals surface area contributed by atoms with Gasteiger partial charge in [0, 0.05) is 30.3 Å². The third-order valence-electron chi connectivity index (χ3n) is 10.3. The Kier molecular flexibility index (Phi) is 7.67. The summed E-state index contributed by atoms with van der Waals surface area (Å²) in [7, 11) is 1.09. The Morgan fingerprint density at radius 1 is 1.14 bits per heavy atom. The summed E-state index contributed by atoms with van der Waals surface area (Å²) in [5.74, 6) is -6.61. The van der Waals surface area contributed by atoms with Crippen LogP contribution < -0.4 is 0 Å². The number of esters is 4. The molecule has 0 amide bonds. The average molecular weight is 605 g/mol. The Labute approximate surface area is 249 Å². The van der Waals surface area contributed by atoms with Gasteiger partial charge in [-0.25, -0.2) is 14.4 Å².